The Morgan fingerprint density at radius 3 is 2.52 bits per heavy atom. The molecule has 1 aromatic carbocycles. The zero-order chi connectivity index (χ0) is 15.1. The van der Waals surface area contributed by atoms with E-state index < -0.39 is 11.9 Å². The highest BCUT2D eigenvalue weighted by molar-refractivity contribution is 6.43. The van der Waals surface area contributed by atoms with E-state index in [4.69, 9.17) is 23.2 Å². The highest BCUT2D eigenvalue weighted by Gasteiger charge is 2.47. The summed E-state index contributed by atoms with van der Waals surface area (Å²) in [6.07, 6.45) is 2.13. The van der Waals surface area contributed by atoms with E-state index in [2.05, 4.69) is 0 Å². The molecule has 1 saturated carbocycles. The van der Waals surface area contributed by atoms with E-state index in [9.17, 15) is 14.7 Å². The van der Waals surface area contributed by atoms with Crippen molar-refractivity contribution in [1.82, 2.24) is 4.90 Å². The van der Waals surface area contributed by atoms with Crippen LogP contribution in [0.25, 0.3) is 0 Å². The van der Waals surface area contributed by atoms with Crippen LogP contribution in [-0.4, -0.2) is 35.0 Å². The summed E-state index contributed by atoms with van der Waals surface area (Å²) in [5, 5.41) is 9.90. The van der Waals surface area contributed by atoms with Gasteiger partial charge in [-0.05, 0) is 36.8 Å². The number of carboxylic acid groups (broad SMARTS) is 1. The topological polar surface area (TPSA) is 57.6 Å². The summed E-state index contributed by atoms with van der Waals surface area (Å²) < 4.78 is 0. The average molecular weight is 328 g/mol. The van der Waals surface area contributed by atoms with Crippen molar-refractivity contribution in [3.63, 3.8) is 0 Å². The Morgan fingerprint density at radius 1 is 1.19 bits per heavy atom. The first kappa shape index (κ1) is 14.7. The number of benzene rings is 1. The number of hydrogen-bond donors (Lipinski definition) is 1. The molecular weight excluding hydrogens is 313 g/mol. The predicted octanol–water partition coefficient (Wildman–Crippen LogP) is 3.18. The van der Waals surface area contributed by atoms with Gasteiger partial charge in [0.25, 0.3) is 5.91 Å². The number of halogens is 2. The largest absolute Gasteiger partial charge is 0.481 e. The van der Waals surface area contributed by atoms with Gasteiger partial charge < -0.3 is 10.0 Å². The van der Waals surface area contributed by atoms with Crippen LogP contribution in [0.1, 0.15) is 23.2 Å². The maximum atomic E-state index is 12.6. The number of carboxylic acids is 1. The normalized spacial score (nSPS) is 25.1. The first-order valence-electron chi connectivity index (χ1n) is 6.95. The molecule has 112 valence electrons. The van der Waals surface area contributed by atoms with Gasteiger partial charge >= 0.3 is 5.97 Å². The summed E-state index contributed by atoms with van der Waals surface area (Å²) >= 11 is 12.0. The average Bonchev–Trinajstić information content (AvgIpc) is 3.19. The summed E-state index contributed by atoms with van der Waals surface area (Å²) in [7, 11) is 0. The molecule has 2 aliphatic rings. The third kappa shape index (κ3) is 2.74. The highest BCUT2D eigenvalue weighted by atomic mass is 35.5. The summed E-state index contributed by atoms with van der Waals surface area (Å²) in [5.41, 5.74) is 0.338. The number of carbonyl (C=O) groups excluding carboxylic acids is 1. The fourth-order valence-electron chi connectivity index (χ4n) is 3.10. The number of aliphatic carboxylic acids is 1. The molecule has 21 heavy (non-hydrogen) atoms. The summed E-state index contributed by atoms with van der Waals surface area (Å²) in [6.45, 7) is 0.738. The lowest BCUT2D eigenvalue weighted by atomic mass is 9.92. The molecule has 4 nitrogen and oxygen atoms in total. The molecule has 1 aromatic rings. The van der Waals surface area contributed by atoms with Crippen LogP contribution >= 0.6 is 23.2 Å². The van der Waals surface area contributed by atoms with Crippen molar-refractivity contribution in [3.05, 3.63) is 33.8 Å². The number of nitrogens with zero attached hydrogens (tertiary/aromatic N) is 1. The third-order valence-electron chi connectivity index (χ3n) is 4.38. The molecule has 1 aliphatic carbocycles. The van der Waals surface area contributed by atoms with Crippen molar-refractivity contribution in [3.8, 4) is 0 Å². The molecule has 0 bridgehead atoms. The second kappa shape index (κ2) is 5.50. The lowest BCUT2D eigenvalue weighted by Crippen LogP contribution is -2.30. The van der Waals surface area contributed by atoms with E-state index in [0.717, 1.165) is 12.8 Å². The molecule has 0 spiro atoms. The Bertz CT molecular complexity index is 601. The van der Waals surface area contributed by atoms with E-state index in [-0.39, 0.29) is 23.4 Å². The quantitative estimate of drug-likeness (QED) is 0.927. The van der Waals surface area contributed by atoms with Gasteiger partial charge in [0.15, 0.2) is 0 Å². The Hall–Kier alpha value is -1.26. The first-order valence-corrected chi connectivity index (χ1v) is 7.70. The zero-order valence-corrected chi connectivity index (χ0v) is 12.8. The smallest absolute Gasteiger partial charge is 0.308 e. The summed E-state index contributed by atoms with van der Waals surface area (Å²) in [4.78, 5) is 25.5. The molecule has 3 rings (SSSR count). The highest BCUT2D eigenvalue weighted by Crippen LogP contribution is 2.44. The van der Waals surface area contributed by atoms with Crippen molar-refractivity contribution >= 4 is 35.1 Å². The van der Waals surface area contributed by atoms with Crippen LogP contribution in [0.5, 0.6) is 0 Å². The standard InChI is InChI=1S/C15H15Cl2NO3/c16-12-3-1-2-9(13(12)17)14(19)18-6-10(8-4-5-8)11(7-18)15(20)21/h1-3,8,10-11H,4-7H2,(H,20,21)/t10-,11+/m1/s1. The molecule has 0 radical (unpaired) electrons. The summed E-state index contributed by atoms with van der Waals surface area (Å²) in [5.74, 6) is -1.03. The molecular formula is C15H15Cl2NO3. The molecule has 1 saturated heterocycles. The van der Waals surface area contributed by atoms with E-state index in [1.807, 2.05) is 0 Å². The van der Waals surface area contributed by atoms with Crippen molar-refractivity contribution in [2.75, 3.05) is 13.1 Å². The minimum Gasteiger partial charge on any atom is -0.481 e. The number of likely N-dealkylation sites (tertiary alicyclic amines) is 1. The molecule has 2 fully saturated rings. The van der Waals surface area contributed by atoms with Crippen LogP contribution in [0.3, 0.4) is 0 Å². The van der Waals surface area contributed by atoms with Crippen LogP contribution in [-0.2, 0) is 4.79 Å². The van der Waals surface area contributed by atoms with Gasteiger partial charge in [0.1, 0.15) is 0 Å². The second-order valence-electron chi connectivity index (χ2n) is 5.76. The van der Waals surface area contributed by atoms with Crippen molar-refractivity contribution in [1.29, 1.82) is 0 Å². The lowest BCUT2D eigenvalue weighted by Gasteiger charge is -2.17. The van der Waals surface area contributed by atoms with Crippen LogP contribution in [0.2, 0.25) is 10.0 Å². The van der Waals surface area contributed by atoms with E-state index in [1.165, 1.54) is 0 Å². The second-order valence-corrected chi connectivity index (χ2v) is 6.54. The first-order chi connectivity index (χ1) is 9.99. The minimum absolute atomic E-state index is 0.0596. The Kier molecular flexibility index (Phi) is 3.84. The maximum Gasteiger partial charge on any atom is 0.308 e. The zero-order valence-electron chi connectivity index (χ0n) is 11.3. The summed E-state index contributed by atoms with van der Waals surface area (Å²) in [6, 6.07) is 4.92. The monoisotopic (exact) mass is 327 g/mol. The van der Waals surface area contributed by atoms with Gasteiger partial charge in [-0.1, -0.05) is 29.3 Å². The van der Waals surface area contributed by atoms with E-state index in [1.54, 1.807) is 23.1 Å². The van der Waals surface area contributed by atoms with Gasteiger partial charge in [0.05, 0.1) is 21.5 Å². The van der Waals surface area contributed by atoms with E-state index in [0.29, 0.717) is 23.0 Å². The van der Waals surface area contributed by atoms with Gasteiger partial charge in [-0.3, -0.25) is 9.59 Å². The van der Waals surface area contributed by atoms with Crippen LogP contribution in [0.15, 0.2) is 18.2 Å². The Morgan fingerprint density at radius 2 is 1.90 bits per heavy atom. The third-order valence-corrected chi connectivity index (χ3v) is 5.20. The molecule has 1 N–H and O–H groups in total. The van der Waals surface area contributed by atoms with Gasteiger partial charge in [-0.15, -0.1) is 0 Å². The van der Waals surface area contributed by atoms with Crippen LogP contribution < -0.4 is 0 Å². The SMILES string of the molecule is O=C(O)[C@H]1CN(C(=O)c2cccc(Cl)c2Cl)C[C@@H]1C1CC1. The number of hydrogen-bond acceptors (Lipinski definition) is 2. The number of carbonyl (C=O) groups is 2. The molecule has 0 unspecified atom stereocenters. The van der Waals surface area contributed by atoms with Gasteiger partial charge in [-0.25, -0.2) is 0 Å². The molecule has 6 heteroatoms. The van der Waals surface area contributed by atoms with Crippen LogP contribution in [0, 0.1) is 17.8 Å². The molecule has 2 atom stereocenters. The molecule has 0 aromatic heterocycles. The number of rotatable bonds is 3. The maximum absolute atomic E-state index is 12.6. The van der Waals surface area contributed by atoms with Crippen molar-refractivity contribution in [2.24, 2.45) is 17.8 Å². The van der Waals surface area contributed by atoms with Gasteiger partial charge in [0, 0.05) is 13.1 Å². The Labute approximate surface area is 132 Å². The number of amides is 1. The van der Waals surface area contributed by atoms with E-state index >= 15 is 0 Å². The predicted molar refractivity (Wildman–Crippen MR) is 79.7 cm³/mol. The van der Waals surface area contributed by atoms with Crippen molar-refractivity contribution < 1.29 is 14.7 Å². The Balaban J connectivity index is 1.82. The van der Waals surface area contributed by atoms with Gasteiger partial charge in [-0.2, -0.15) is 0 Å². The fraction of sp³-hybridized carbons (Fsp3) is 0.467. The fourth-order valence-corrected chi connectivity index (χ4v) is 3.48. The van der Waals surface area contributed by atoms with Crippen LogP contribution in [0.4, 0.5) is 0 Å². The molecule has 1 amide bonds. The van der Waals surface area contributed by atoms with Crippen molar-refractivity contribution in [2.45, 2.75) is 12.8 Å². The van der Waals surface area contributed by atoms with Gasteiger partial charge in [0.2, 0.25) is 0 Å². The minimum atomic E-state index is -0.820. The lowest BCUT2D eigenvalue weighted by molar-refractivity contribution is -0.142. The molecule has 1 heterocycles. The molecule has 1 aliphatic heterocycles.